The van der Waals surface area contributed by atoms with Crippen molar-refractivity contribution < 1.29 is 4.79 Å². The maximum absolute atomic E-state index is 11.3. The average molecular weight is 231 g/mol. The van der Waals surface area contributed by atoms with Gasteiger partial charge in [0.2, 0.25) is 5.95 Å². The number of nitrogens with zero attached hydrogens (tertiary/aromatic N) is 2. The third kappa shape index (κ3) is 2.12. The number of anilines is 1. The molecular formula is C10H9N5O2. The number of aromatic amines is 1. The fourth-order valence-corrected chi connectivity index (χ4v) is 1.35. The van der Waals surface area contributed by atoms with Gasteiger partial charge in [-0.05, 0) is 12.1 Å². The lowest BCUT2D eigenvalue weighted by Crippen LogP contribution is -2.23. The van der Waals surface area contributed by atoms with Crippen LogP contribution >= 0.6 is 0 Å². The standard InChI is InChI=1S/C10H9N5O2/c11-8(16)6-3-5(4-14-9(6)17)7-1-2-13-10(12)15-7/h1-4H,(H2,11,16)(H,14,17)(H2,12,13,15). The van der Waals surface area contributed by atoms with Gasteiger partial charge in [-0.3, -0.25) is 9.59 Å². The number of rotatable bonds is 2. The van der Waals surface area contributed by atoms with Gasteiger partial charge >= 0.3 is 0 Å². The van der Waals surface area contributed by atoms with Crippen LogP contribution in [0.25, 0.3) is 11.3 Å². The van der Waals surface area contributed by atoms with Gasteiger partial charge in [0, 0.05) is 18.0 Å². The van der Waals surface area contributed by atoms with Crippen LogP contribution in [0.4, 0.5) is 5.95 Å². The molecule has 1 amide bonds. The van der Waals surface area contributed by atoms with Crippen molar-refractivity contribution in [2.45, 2.75) is 0 Å². The number of nitrogens with two attached hydrogens (primary N) is 2. The van der Waals surface area contributed by atoms with Gasteiger partial charge in [-0.25, -0.2) is 9.97 Å². The molecule has 0 aromatic carbocycles. The molecule has 0 aliphatic rings. The fourth-order valence-electron chi connectivity index (χ4n) is 1.35. The molecule has 0 spiro atoms. The van der Waals surface area contributed by atoms with Gasteiger partial charge in [-0.1, -0.05) is 0 Å². The van der Waals surface area contributed by atoms with Gasteiger partial charge in [-0.15, -0.1) is 0 Å². The van der Waals surface area contributed by atoms with Crippen LogP contribution in [0.15, 0.2) is 29.3 Å². The van der Waals surface area contributed by atoms with E-state index < -0.39 is 11.5 Å². The van der Waals surface area contributed by atoms with Gasteiger partial charge in [-0.2, -0.15) is 0 Å². The highest BCUT2D eigenvalue weighted by Gasteiger charge is 2.09. The van der Waals surface area contributed by atoms with Crippen molar-refractivity contribution in [3.63, 3.8) is 0 Å². The Labute approximate surface area is 95.5 Å². The van der Waals surface area contributed by atoms with Crippen molar-refractivity contribution in [2.75, 3.05) is 5.73 Å². The molecule has 7 heteroatoms. The fraction of sp³-hybridized carbons (Fsp3) is 0. The second-order valence-corrected chi connectivity index (χ2v) is 3.30. The Balaban J connectivity index is 2.58. The summed E-state index contributed by atoms with van der Waals surface area (Å²) in [5.74, 6) is -0.690. The summed E-state index contributed by atoms with van der Waals surface area (Å²) in [7, 11) is 0. The first-order valence-corrected chi connectivity index (χ1v) is 4.69. The van der Waals surface area contributed by atoms with Crippen LogP contribution in [0.1, 0.15) is 10.4 Å². The Hall–Kier alpha value is -2.70. The zero-order valence-electron chi connectivity index (χ0n) is 8.68. The van der Waals surface area contributed by atoms with Crippen LogP contribution in [-0.2, 0) is 0 Å². The van der Waals surface area contributed by atoms with Gasteiger partial charge < -0.3 is 16.5 Å². The van der Waals surface area contributed by atoms with E-state index in [-0.39, 0.29) is 11.5 Å². The third-order valence-electron chi connectivity index (χ3n) is 2.14. The van der Waals surface area contributed by atoms with Gasteiger partial charge in [0.05, 0.1) is 5.69 Å². The van der Waals surface area contributed by atoms with Crippen molar-refractivity contribution in [3.05, 3.63) is 40.4 Å². The number of amides is 1. The second kappa shape index (κ2) is 4.05. The maximum Gasteiger partial charge on any atom is 0.260 e. The van der Waals surface area contributed by atoms with E-state index in [1.807, 2.05) is 0 Å². The largest absolute Gasteiger partial charge is 0.368 e. The summed E-state index contributed by atoms with van der Waals surface area (Å²) in [6.45, 7) is 0. The number of nitrogen functional groups attached to an aromatic ring is 1. The summed E-state index contributed by atoms with van der Waals surface area (Å²) >= 11 is 0. The first-order chi connectivity index (χ1) is 8.08. The Morgan fingerprint density at radius 2 is 2.18 bits per heavy atom. The molecule has 0 saturated carbocycles. The van der Waals surface area contributed by atoms with E-state index in [0.29, 0.717) is 11.3 Å². The van der Waals surface area contributed by atoms with Crippen molar-refractivity contribution in [1.82, 2.24) is 15.0 Å². The number of aromatic nitrogens is 3. The predicted octanol–water partition coefficient (Wildman–Crippen LogP) is -0.487. The quantitative estimate of drug-likeness (QED) is 0.642. The Morgan fingerprint density at radius 3 is 2.82 bits per heavy atom. The first-order valence-electron chi connectivity index (χ1n) is 4.69. The minimum absolute atomic E-state index is 0.106. The van der Waals surface area contributed by atoms with E-state index in [4.69, 9.17) is 11.5 Å². The molecule has 7 nitrogen and oxygen atoms in total. The number of hydrogen-bond donors (Lipinski definition) is 3. The topological polar surface area (TPSA) is 128 Å². The van der Waals surface area contributed by atoms with Crippen molar-refractivity contribution in [3.8, 4) is 11.3 Å². The Kier molecular flexibility index (Phi) is 2.57. The molecule has 2 heterocycles. The molecule has 0 unspecified atom stereocenters. The Bertz CT molecular complexity index is 635. The highest BCUT2D eigenvalue weighted by molar-refractivity contribution is 5.93. The molecule has 2 rings (SSSR count). The van der Waals surface area contributed by atoms with E-state index >= 15 is 0 Å². The molecule has 2 aromatic rings. The highest BCUT2D eigenvalue weighted by atomic mass is 16.2. The third-order valence-corrected chi connectivity index (χ3v) is 2.14. The van der Waals surface area contributed by atoms with E-state index in [1.54, 1.807) is 6.07 Å². The minimum atomic E-state index is -0.796. The summed E-state index contributed by atoms with van der Waals surface area (Å²) in [5.41, 5.74) is 10.9. The SMILES string of the molecule is NC(=O)c1cc(-c2ccnc(N)n2)c[nH]c1=O. The number of H-pyrrole nitrogens is 1. The van der Waals surface area contributed by atoms with E-state index in [0.717, 1.165) is 0 Å². The number of nitrogens with one attached hydrogen (secondary N) is 1. The number of primary amides is 1. The summed E-state index contributed by atoms with van der Waals surface area (Å²) in [4.78, 5) is 32.4. The molecule has 0 bridgehead atoms. The molecule has 0 aliphatic heterocycles. The molecular weight excluding hydrogens is 222 g/mol. The monoisotopic (exact) mass is 231 g/mol. The molecule has 2 aromatic heterocycles. The highest BCUT2D eigenvalue weighted by Crippen LogP contribution is 2.15. The summed E-state index contributed by atoms with van der Waals surface area (Å²) < 4.78 is 0. The zero-order valence-corrected chi connectivity index (χ0v) is 8.68. The smallest absolute Gasteiger partial charge is 0.260 e. The molecule has 0 atom stereocenters. The van der Waals surface area contributed by atoms with Crippen molar-refractivity contribution in [1.29, 1.82) is 0 Å². The van der Waals surface area contributed by atoms with E-state index in [2.05, 4.69) is 15.0 Å². The maximum atomic E-state index is 11.3. The van der Waals surface area contributed by atoms with Crippen LogP contribution in [-0.4, -0.2) is 20.9 Å². The summed E-state index contributed by atoms with van der Waals surface area (Å²) in [5, 5.41) is 0. The van der Waals surface area contributed by atoms with Crippen LogP contribution in [0.2, 0.25) is 0 Å². The lowest BCUT2D eigenvalue weighted by molar-refractivity contribution is 0.0999. The van der Waals surface area contributed by atoms with E-state index in [9.17, 15) is 9.59 Å². The van der Waals surface area contributed by atoms with Gasteiger partial charge in [0.25, 0.3) is 11.5 Å². The van der Waals surface area contributed by atoms with E-state index in [1.165, 1.54) is 18.5 Å². The number of carbonyl (C=O) groups excluding carboxylic acids is 1. The summed E-state index contributed by atoms with van der Waals surface area (Å²) in [6, 6.07) is 2.97. The lowest BCUT2D eigenvalue weighted by atomic mass is 10.1. The van der Waals surface area contributed by atoms with Crippen LogP contribution in [0.3, 0.4) is 0 Å². The second-order valence-electron chi connectivity index (χ2n) is 3.30. The molecule has 86 valence electrons. The minimum Gasteiger partial charge on any atom is -0.368 e. The molecule has 5 N–H and O–H groups in total. The van der Waals surface area contributed by atoms with Crippen molar-refractivity contribution >= 4 is 11.9 Å². The zero-order chi connectivity index (χ0) is 12.4. The van der Waals surface area contributed by atoms with Gasteiger partial charge in [0.15, 0.2) is 0 Å². The molecule has 0 aliphatic carbocycles. The van der Waals surface area contributed by atoms with Crippen molar-refractivity contribution in [2.24, 2.45) is 5.73 Å². The number of hydrogen-bond acceptors (Lipinski definition) is 5. The number of carbonyl (C=O) groups is 1. The molecule has 0 saturated heterocycles. The van der Waals surface area contributed by atoms with Crippen LogP contribution < -0.4 is 17.0 Å². The Morgan fingerprint density at radius 1 is 1.41 bits per heavy atom. The van der Waals surface area contributed by atoms with Gasteiger partial charge in [0.1, 0.15) is 5.56 Å². The number of pyridine rings is 1. The predicted molar refractivity (Wildman–Crippen MR) is 61.0 cm³/mol. The van der Waals surface area contributed by atoms with Crippen LogP contribution in [0, 0.1) is 0 Å². The normalized spacial score (nSPS) is 10.1. The molecule has 0 fully saturated rings. The molecule has 17 heavy (non-hydrogen) atoms. The lowest BCUT2D eigenvalue weighted by Gasteiger charge is -2.02. The summed E-state index contributed by atoms with van der Waals surface area (Å²) in [6.07, 6.45) is 2.91. The average Bonchev–Trinajstić information content (AvgIpc) is 2.29. The van der Waals surface area contributed by atoms with Crippen LogP contribution in [0.5, 0.6) is 0 Å². The first kappa shape index (κ1) is 10.8. The molecule has 0 radical (unpaired) electrons.